The third-order valence-electron chi connectivity index (χ3n) is 4.04. The van der Waals surface area contributed by atoms with Crippen LogP contribution < -0.4 is 11.1 Å². The second-order valence-electron chi connectivity index (χ2n) is 6.40. The molecular formula is C16H24N2O. The fourth-order valence-electron chi connectivity index (χ4n) is 2.92. The average Bonchev–Trinajstić information content (AvgIpc) is 2.36. The lowest BCUT2D eigenvalue weighted by Gasteiger charge is -2.35. The van der Waals surface area contributed by atoms with Crippen molar-refractivity contribution in [1.29, 1.82) is 0 Å². The van der Waals surface area contributed by atoms with E-state index >= 15 is 0 Å². The molecular weight excluding hydrogens is 236 g/mol. The maximum atomic E-state index is 11.0. The fraction of sp³-hybridized carbons (Fsp3) is 0.562. The van der Waals surface area contributed by atoms with E-state index in [4.69, 9.17) is 5.73 Å². The molecule has 1 amide bonds. The monoisotopic (exact) mass is 260 g/mol. The molecule has 2 rings (SSSR count). The summed E-state index contributed by atoms with van der Waals surface area (Å²) in [5, 5.41) is 3.63. The van der Waals surface area contributed by atoms with Crippen molar-refractivity contribution in [2.24, 2.45) is 11.1 Å². The van der Waals surface area contributed by atoms with Crippen LogP contribution >= 0.6 is 0 Å². The molecule has 1 aromatic carbocycles. The van der Waals surface area contributed by atoms with Crippen molar-refractivity contribution in [3.05, 3.63) is 35.4 Å². The Kier molecular flexibility index (Phi) is 4.25. The van der Waals surface area contributed by atoms with Gasteiger partial charge in [0.15, 0.2) is 0 Å². The van der Waals surface area contributed by atoms with E-state index in [1.807, 2.05) is 12.1 Å². The number of benzene rings is 1. The fourth-order valence-corrected chi connectivity index (χ4v) is 2.92. The highest BCUT2D eigenvalue weighted by molar-refractivity contribution is 5.92. The Bertz CT molecular complexity index is 437. The summed E-state index contributed by atoms with van der Waals surface area (Å²) in [5.41, 5.74) is 7.47. The third kappa shape index (κ3) is 4.06. The molecule has 3 nitrogen and oxygen atoms in total. The van der Waals surface area contributed by atoms with Crippen molar-refractivity contribution >= 4 is 5.91 Å². The minimum absolute atomic E-state index is 0.367. The van der Waals surface area contributed by atoms with Gasteiger partial charge in [-0.2, -0.15) is 0 Å². The number of nitrogens with two attached hydrogens (primary N) is 1. The molecule has 1 unspecified atom stereocenters. The number of carbonyl (C=O) groups excluding carboxylic acids is 1. The van der Waals surface area contributed by atoms with Gasteiger partial charge in [-0.25, -0.2) is 0 Å². The van der Waals surface area contributed by atoms with E-state index in [9.17, 15) is 4.79 Å². The van der Waals surface area contributed by atoms with Gasteiger partial charge in [-0.15, -0.1) is 0 Å². The maximum absolute atomic E-state index is 11.0. The number of primary amides is 1. The quantitative estimate of drug-likeness (QED) is 0.874. The van der Waals surface area contributed by atoms with E-state index in [0.717, 1.165) is 6.54 Å². The molecule has 1 aliphatic rings. The second kappa shape index (κ2) is 5.74. The zero-order valence-electron chi connectivity index (χ0n) is 11.9. The Morgan fingerprint density at radius 3 is 2.63 bits per heavy atom. The van der Waals surface area contributed by atoms with Gasteiger partial charge in [0.05, 0.1) is 0 Å². The summed E-state index contributed by atoms with van der Waals surface area (Å²) in [6, 6.07) is 8.15. The van der Waals surface area contributed by atoms with Crippen LogP contribution in [0.1, 0.15) is 55.5 Å². The summed E-state index contributed by atoms with van der Waals surface area (Å²) in [6.07, 6.45) is 5.15. The standard InChI is InChI=1S/C16H24N2O/c1-16(2)9-3-4-14(10-16)18-11-12-5-7-13(8-6-12)15(17)19/h5-8,14,18H,3-4,9-11H2,1-2H3,(H2,17,19). The molecule has 1 aromatic rings. The molecule has 1 atom stereocenters. The molecule has 0 heterocycles. The van der Waals surface area contributed by atoms with E-state index < -0.39 is 0 Å². The van der Waals surface area contributed by atoms with Crippen LogP contribution in [-0.4, -0.2) is 11.9 Å². The first kappa shape index (κ1) is 14.1. The zero-order chi connectivity index (χ0) is 13.9. The van der Waals surface area contributed by atoms with Crippen molar-refractivity contribution < 1.29 is 4.79 Å². The molecule has 3 heteroatoms. The number of amides is 1. The summed E-state index contributed by atoms with van der Waals surface area (Å²) in [7, 11) is 0. The largest absolute Gasteiger partial charge is 0.366 e. The molecule has 0 spiro atoms. The molecule has 0 aromatic heterocycles. The summed E-state index contributed by atoms with van der Waals surface area (Å²) >= 11 is 0. The van der Waals surface area contributed by atoms with Crippen LogP contribution in [-0.2, 0) is 6.54 Å². The van der Waals surface area contributed by atoms with Gasteiger partial charge in [0.25, 0.3) is 0 Å². The van der Waals surface area contributed by atoms with Gasteiger partial charge >= 0.3 is 0 Å². The zero-order valence-corrected chi connectivity index (χ0v) is 11.9. The minimum Gasteiger partial charge on any atom is -0.366 e. The molecule has 1 fully saturated rings. The summed E-state index contributed by atoms with van der Waals surface area (Å²) in [5.74, 6) is -0.367. The van der Waals surface area contributed by atoms with Gasteiger partial charge in [0.1, 0.15) is 0 Å². The van der Waals surface area contributed by atoms with Crippen LogP contribution in [0.4, 0.5) is 0 Å². The molecule has 19 heavy (non-hydrogen) atoms. The molecule has 0 saturated heterocycles. The molecule has 1 saturated carbocycles. The Morgan fingerprint density at radius 1 is 1.37 bits per heavy atom. The molecule has 3 N–H and O–H groups in total. The van der Waals surface area contributed by atoms with Gasteiger partial charge in [0.2, 0.25) is 5.91 Å². The molecule has 0 aliphatic heterocycles. The first-order valence-corrected chi connectivity index (χ1v) is 7.08. The lowest BCUT2D eigenvalue weighted by Crippen LogP contribution is -2.36. The van der Waals surface area contributed by atoms with Crippen LogP contribution in [0.5, 0.6) is 0 Å². The van der Waals surface area contributed by atoms with Crippen LogP contribution in [0.15, 0.2) is 24.3 Å². The SMILES string of the molecule is CC1(C)CCCC(NCc2ccc(C(N)=O)cc2)C1. The average molecular weight is 260 g/mol. The number of hydrogen-bond acceptors (Lipinski definition) is 2. The number of nitrogens with one attached hydrogen (secondary N) is 1. The van der Waals surface area contributed by atoms with Crippen LogP contribution in [0.3, 0.4) is 0 Å². The summed E-state index contributed by atoms with van der Waals surface area (Å²) < 4.78 is 0. The summed E-state index contributed by atoms with van der Waals surface area (Å²) in [4.78, 5) is 11.0. The Hall–Kier alpha value is -1.35. The first-order chi connectivity index (χ1) is 8.96. The van der Waals surface area contributed by atoms with E-state index in [2.05, 4.69) is 19.2 Å². The van der Waals surface area contributed by atoms with Crippen molar-refractivity contribution in [3.8, 4) is 0 Å². The Labute approximate surface area is 115 Å². The summed E-state index contributed by atoms with van der Waals surface area (Å²) in [6.45, 7) is 5.56. The highest BCUT2D eigenvalue weighted by Crippen LogP contribution is 2.35. The normalized spacial score (nSPS) is 22.1. The van der Waals surface area contributed by atoms with Crippen molar-refractivity contribution in [3.63, 3.8) is 0 Å². The predicted molar refractivity (Wildman–Crippen MR) is 77.8 cm³/mol. The highest BCUT2D eigenvalue weighted by atomic mass is 16.1. The minimum atomic E-state index is -0.367. The van der Waals surface area contributed by atoms with E-state index in [-0.39, 0.29) is 5.91 Å². The molecule has 0 bridgehead atoms. The van der Waals surface area contributed by atoms with Crippen molar-refractivity contribution in [1.82, 2.24) is 5.32 Å². The van der Waals surface area contributed by atoms with Gasteiger partial charge in [-0.05, 0) is 42.4 Å². The highest BCUT2D eigenvalue weighted by Gasteiger charge is 2.27. The van der Waals surface area contributed by atoms with Crippen LogP contribution in [0.25, 0.3) is 0 Å². The van der Waals surface area contributed by atoms with E-state index in [1.165, 1.54) is 31.2 Å². The molecule has 0 radical (unpaired) electrons. The maximum Gasteiger partial charge on any atom is 0.248 e. The number of carbonyl (C=O) groups is 1. The van der Waals surface area contributed by atoms with Crippen molar-refractivity contribution in [2.75, 3.05) is 0 Å². The number of hydrogen-bond donors (Lipinski definition) is 2. The van der Waals surface area contributed by atoms with E-state index in [1.54, 1.807) is 12.1 Å². The smallest absolute Gasteiger partial charge is 0.248 e. The Morgan fingerprint density at radius 2 is 2.05 bits per heavy atom. The topological polar surface area (TPSA) is 55.1 Å². The molecule has 104 valence electrons. The van der Waals surface area contributed by atoms with Gasteiger partial charge in [0, 0.05) is 18.2 Å². The van der Waals surface area contributed by atoms with Crippen molar-refractivity contribution in [2.45, 2.75) is 52.1 Å². The third-order valence-corrected chi connectivity index (χ3v) is 4.04. The van der Waals surface area contributed by atoms with E-state index in [0.29, 0.717) is 17.0 Å². The lowest BCUT2D eigenvalue weighted by atomic mass is 9.75. The number of rotatable bonds is 4. The van der Waals surface area contributed by atoms with Gasteiger partial charge in [-0.1, -0.05) is 32.4 Å². The Balaban J connectivity index is 1.86. The van der Waals surface area contributed by atoms with Crippen LogP contribution in [0, 0.1) is 5.41 Å². The van der Waals surface area contributed by atoms with Gasteiger partial charge in [-0.3, -0.25) is 4.79 Å². The second-order valence-corrected chi connectivity index (χ2v) is 6.40. The van der Waals surface area contributed by atoms with Crippen LogP contribution in [0.2, 0.25) is 0 Å². The first-order valence-electron chi connectivity index (χ1n) is 7.08. The molecule has 1 aliphatic carbocycles. The van der Waals surface area contributed by atoms with Gasteiger partial charge < -0.3 is 11.1 Å². The predicted octanol–water partition coefficient (Wildman–Crippen LogP) is 2.84. The lowest BCUT2D eigenvalue weighted by molar-refractivity contribution is 0.100.